The highest BCUT2D eigenvalue weighted by atomic mass is 32.1. The maximum Gasteiger partial charge on any atom is 0.346 e. The molecule has 1 N–H and O–H groups in total. The van der Waals surface area contributed by atoms with Crippen LogP contribution < -0.4 is 4.90 Å². The number of nitriles is 1. The Kier molecular flexibility index (Phi) is 12.0. The highest BCUT2D eigenvalue weighted by Crippen LogP contribution is 2.37. The summed E-state index contributed by atoms with van der Waals surface area (Å²) in [7, 11) is 0. The Morgan fingerprint density at radius 1 is 0.808 bits per heavy atom. The van der Waals surface area contributed by atoms with Crippen molar-refractivity contribution in [2.75, 3.05) is 4.90 Å². The van der Waals surface area contributed by atoms with Crippen molar-refractivity contribution in [2.24, 2.45) is 0 Å². The molecule has 5 aromatic rings. The number of carboxylic acids is 1. The quantitative estimate of drug-likeness (QED) is 0.0747. The van der Waals surface area contributed by atoms with E-state index in [1.54, 1.807) is 12.3 Å². The fraction of sp³-hybridized carbons (Fsp3) is 0.311. The predicted molar refractivity (Wildman–Crippen MR) is 218 cm³/mol. The number of unbranched alkanes of at least 4 members (excludes halogenated alkanes) is 3. The van der Waals surface area contributed by atoms with Gasteiger partial charge in [0.05, 0.1) is 5.69 Å². The number of aromatic nitrogens is 2. The molecule has 0 aliphatic heterocycles. The topological polar surface area (TPSA) is 82.2 Å². The summed E-state index contributed by atoms with van der Waals surface area (Å²) < 4.78 is 2.29. The van der Waals surface area contributed by atoms with E-state index in [2.05, 4.69) is 160 Å². The molecule has 0 fully saturated rings. The minimum Gasteiger partial charge on any atom is -0.477 e. The van der Waals surface area contributed by atoms with Gasteiger partial charge in [-0.05, 0) is 94.6 Å². The molecule has 0 bridgehead atoms. The van der Waals surface area contributed by atoms with Crippen LogP contribution in [0, 0.1) is 11.3 Å². The number of carbonyl (C=O) groups is 1. The molecule has 6 nitrogen and oxygen atoms in total. The normalized spacial score (nSPS) is 12.3. The maximum absolute atomic E-state index is 11.4. The number of rotatable bonds is 13. The average Bonchev–Trinajstić information content (AvgIpc) is 3.75. The van der Waals surface area contributed by atoms with Crippen LogP contribution in [0.1, 0.15) is 101 Å². The van der Waals surface area contributed by atoms with Crippen molar-refractivity contribution < 1.29 is 9.90 Å². The maximum atomic E-state index is 11.4. The third-order valence-corrected chi connectivity index (χ3v) is 10.2. The lowest BCUT2D eigenvalue weighted by Crippen LogP contribution is -2.14. The van der Waals surface area contributed by atoms with E-state index in [9.17, 15) is 15.2 Å². The van der Waals surface area contributed by atoms with Gasteiger partial charge in [-0.25, -0.2) is 9.78 Å². The van der Waals surface area contributed by atoms with E-state index in [4.69, 9.17) is 0 Å². The highest BCUT2D eigenvalue weighted by molar-refractivity contribution is 7.15. The van der Waals surface area contributed by atoms with E-state index in [1.165, 1.54) is 35.0 Å². The third kappa shape index (κ3) is 9.37. The van der Waals surface area contributed by atoms with Crippen molar-refractivity contribution in [3.63, 3.8) is 0 Å². The fourth-order valence-electron chi connectivity index (χ4n) is 6.10. The summed E-state index contributed by atoms with van der Waals surface area (Å²) in [6.45, 7) is 16.5. The molecule has 0 atom stereocenters. The Hall–Kier alpha value is -5.19. The Morgan fingerprint density at radius 3 is 1.87 bits per heavy atom. The lowest BCUT2D eigenvalue weighted by atomic mass is 9.86. The van der Waals surface area contributed by atoms with Crippen LogP contribution in [0.5, 0.6) is 0 Å². The van der Waals surface area contributed by atoms with Crippen molar-refractivity contribution in [3.05, 3.63) is 124 Å². The van der Waals surface area contributed by atoms with E-state index >= 15 is 0 Å². The van der Waals surface area contributed by atoms with Crippen LogP contribution in [0.25, 0.3) is 28.9 Å². The molecule has 0 radical (unpaired) electrons. The van der Waals surface area contributed by atoms with Gasteiger partial charge in [0.1, 0.15) is 16.6 Å². The van der Waals surface area contributed by atoms with Crippen LogP contribution in [0.15, 0.2) is 96.7 Å². The van der Waals surface area contributed by atoms with Gasteiger partial charge < -0.3 is 14.6 Å². The Labute approximate surface area is 313 Å². The summed E-state index contributed by atoms with van der Waals surface area (Å²) in [6.07, 6.45) is 11.8. The number of carboxylic acid groups (broad SMARTS) is 1. The van der Waals surface area contributed by atoms with Crippen LogP contribution in [-0.4, -0.2) is 20.6 Å². The van der Waals surface area contributed by atoms with E-state index in [0.717, 1.165) is 64.8 Å². The van der Waals surface area contributed by atoms with Gasteiger partial charge in [0.25, 0.3) is 0 Å². The molecule has 52 heavy (non-hydrogen) atoms. The fourth-order valence-corrected chi connectivity index (χ4v) is 7.00. The zero-order chi connectivity index (χ0) is 37.5. The molecule has 5 rings (SSSR count). The summed E-state index contributed by atoms with van der Waals surface area (Å²) in [4.78, 5) is 18.9. The molecular weight excluding hydrogens is 661 g/mol. The second-order valence-corrected chi connectivity index (χ2v) is 16.3. The van der Waals surface area contributed by atoms with Crippen molar-refractivity contribution in [2.45, 2.75) is 91.5 Å². The van der Waals surface area contributed by atoms with E-state index in [1.807, 2.05) is 0 Å². The number of anilines is 3. The molecule has 0 spiro atoms. The van der Waals surface area contributed by atoms with E-state index in [-0.39, 0.29) is 16.4 Å². The summed E-state index contributed by atoms with van der Waals surface area (Å²) in [5.41, 5.74) is 8.91. The van der Waals surface area contributed by atoms with Crippen LogP contribution in [0.4, 0.5) is 17.1 Å². The van der Waals surface area contributed by atoms with Gasteiger partial charge in [0.2, 0.25) is 0 Å². The van der Waals surface area contributed by atoms with Gasteiger partial charge in [0, 0.05) is 40.4 Å². The molecule has 0 unspecified atom stereocenters. The number of thiazole rings is 1. The molecule has 0 amide bonds. The smallest absolute Gasteiger partial charge is 0.346 e. The molecule has 7 heteroatoms. The molecule has 3 aromatic carbocycles. The van der Waals surface area contributed by atoms with Gasteiger partial charge in [0.15, 0.2) is 0 Å². The molecule has 0 saturated heterocycles. The third-order valence-electron chi connectivity index (χ3n) is 9.21. The molecule has 268 valence electrons. The summed E-state index contributed by atoms with van der Waals surface area (Å²) in [6, 6.07) is 32.4. The first kappa shape index (κ1) is 38.1. The summed E-state index contributed by atoms with van der Waals surface area (Å²) in [5.74, 6) is -1.24. The zero-order valence-electron chi connectivity index (χ0n) is 31.5. The van der Waals surface area contributed by atoms with Crippen LogP contribution in [0.2, 0.25) is 0 Å². The van der Waals surface area contributed by atoms with Gasteiger partial charge in [-0.2, -0.15) is 5.26 Å². The number of aliphatic carboxylic acids is 1. The first-order valence-electron chi connectivity index (χ1n) is 18.1. The second kappa shape index (κ2) is 16.4. The number of hydrogen-bond acceptors (Lipinski definition) is 5. The number of hydrogen-bond donors (Lipinski definition) is 1. The molecule has 0 saturated carbocycles. The molecular formula is C45H50N4O2S. The van der Waals surface area contributed by atoms with Crippen molar-refractivity contribution in [1.82, 2.24) is 9.55 Å². The van der Waals surface area contributed by atoms with Gasteiger partial charge in [-0.3, -0.25) is 0 Å². The highest BCUT2D eigenvalue weighted by Gasteiger charge is 2.19. The molecule has 2 aromatic heterocycles. The van der Waals surface area contributed by atoms with Crippen molar-refractivity contribution in [3.8, 4) is 16.8 Å². The number of benzene rings is 3. The summed E-state index contributed by atoms with van der Waals surface area (Å²) in [5, 5.41) is 19.3. The SMILES string of the molecule is CCCCCCn1c(/C=C/c2ccc(N(c3ccc(C(C)(C)C)cc3)c3ccc(C(C)(C)C)cc3)cc2)ccc1-c1ncc(/C=C(\C#N)C(=O)O)s1. The molecule has 2 heterocycles. The second-order valence-electron chi connectivity index (χ2n) is 15.3. The van der Waals surface area contributed by atoms with Crippen LogP contribution >= 0.6 is 11.3 Å². The lowest BCUT2D eigenvalue weighted by Gasteiger charge is -2.28. The summed E-state index contributed by atoms with van der Waals surface area (Å²) >= 11 is 1.39. The first-order valence-corrected chi connectivity index (χ1v) is 18.9. The van der Waals surface area contributed by atoms with Crippen LogP contribution in [0.3, 0.4) is 0 Å². The molecule has 0 aliphatic rings. The largest absolute Gasteiger partial charge is 0.477 e. The standard InChI is InChI=1S/C45H50N4O2S/c1-8-9-10-11-28-48-36(26-27-41(48)42-47-31-40(52-42)29-33(30-46)43(50)51)19-12-32-13-20-37(21-14-32)49(38-22-15-34(16-23-38)44(2,3)4)39-24-17-35(18-25-39)45(5,6)7/h12-27,29,31H,8-11,28H2,1-7H3,(H,50,51)/b19-12+,33-29+. The van der Waals surface area contributed by atoms with Gasteiger partial charge >= 0.3 is 5.97 Å². The minimum atomic E-state index is -1.24. The van der Waals surface area contributed by atoms with E-state index in [0.29, 0.717) is 4.88 Å². The Bertz CT molecular complexity index is 2000. The molecule has 0 aliphatic carbocycles. The van der Waals surface area contributed by atoms with Crippen molar-refractivity contribution >= 4 is 52.6 Å². The van der Waals surface area contributed by atoms with Crippen molar-refractivity contribution in [1.29, 1.82) is 5.26 Å². The average molecular weight is 711 g/mol. The Morgan fingerprint density at radius 2 is 1.37 bits per heavy atom. The van der Waals surface area contributed by atoms with E-state index < -0.39 is 5.97 Å². The monoisotopic (exact) mass is 710 g/mol. The lowest BCUT2D eigenvalue weighted by molar-refractivity contribution is -0.132. The Balaban J connectivity index is 1.45. The number of nitrogens with zero attached hydrogens (tertiary/aromatic N) is 4. The van der Waals surface area contributed by atoms with Gasteiger partial charge in [-0.1, -0.05) is 110 Å². The minimum absolute atomic E-state index is 0.0758. The predicted octanol–water partition coefficient (Wildman–Crippen LogP) is 12.4. The van der Waals surface area contributed by atoms with Gasteiger partial charge in [-0.15, -0.1) is 11.3 Å². The zero-order valence-corrected chi connectivity index (χ0v) is 32.3. The first-order chi connectivity index (χ1) is 24.8. The van der Waals surface area contributed by atoms with Crippen LogP contribution in [-0.2, 0) is 22.2 Å².